The Labute approximate surface area is 116 Å². The predicted octanol–water partition coefficient (Wildman–Crippen LogP) is 1.81. The van der Waals surface area contributed by atoms with Gasteiger partial charge in [0.25, 0.3) is 0 Å². The molecule has 0 saturated heterocycles. The second-order valence-electron chi connectivity index (χ2n) is 6.83. The zero-order chi connectivity index (χ0) is 14.0. The van der Waals surface area contributed by atoms with E-state index in [9.17, 15) is 9.90 Å². The molecule has 0 aromatic rings. The van der Waals surface area contributed by atoms with Gasteiger partial charge in [-0.1, -0.05) is 6.42 Å². The van der Waals surface area contributed by atoms with E-state index in [0.717, 1.165) is 30.8 Å². The van der Waals surface area contributed by atoms with Gasteiger partial charge in [-0.15, -0.1) is 0 Å². The van der Waals surface area contributed by atoms with Crippen LogP contribution in [0.15, 0.2) is 0 Å². The smallest absolute Gasteiger partial charge is 0.323 e. The Kier molecular flexibility index (Phi) is 4.51. The van der Waals surface area contributed by atoms with Crippen molar-refractivity contribution in [3.8, 4) is 0 Å². The first-order chi connectivity index (χ1) is 8.94. The highest BCUT2D eigenvalue weighted by Crippen LogP contribution is 2.48. The SMILES string of the molecule is CNC(C)(CCN(C)CC1CC2CCC1C2)C(=O)O. The summed E-state index contributed by atoms with van der Waals surface area (Å²) in [7, 11) is 3.86. The van der Waals surface area contributed by atoms with Gasteiger partial charge in [0.05, 0.1) is 0 Å². The lowest BCUT2D eigenvalue weighted by Gasteiger charge is -2.30. The molecule has 0 aliphatic heterocycles. The summed E-state index contributed by atoms with van der Waals surface area (Å²) in [4.78, 5) is 13.6. The molecule has 0 spiro atoms. The molecule has 0 amide bonds. The molecule has 4 heteroatoms. The fraction of sp³-hybridized carbons (Fsp3) is 0.933. The topological polar surface area (TPSA) is 52.6 Å². The Morgan fingerprint density at radius 1 is 1.42 bits per heavy atom. The van der Waals surface area contributed by atoms with Crippen LogP contribution in [0.5, 0.6) is 0 Å². The normalized spacial score (nSPS) is 32.7. The summed E-state index contributed by atoms with van der Waals surface area (Å²) < 4.78 is 0. The minimum Gasteiger partial charge on any atom is -0.480 e. The maximum atomic E-state index is 11.2. The van der Waals surface area contributed by atoms with E-state index in [1.54, 1.807) is 14.0 Å². The van der Waals surface area contributed by atoms with Gasteiger partial charge in [0.2, 0.25) is 0 Å². The van der Waals surface area contributed by atoms with Crippen molar-refractivity contribution in [2.45, 2.75) is 44.6 Å². The maximum Gasteiger partial charge on any atom is 0.323 e. The number of hydrogen-bond acceptors (Lipinski definition) is 3. The molecule has 0 radical (unpaired) electrons. The number of carbonyl (C=O) groups is 1. The van der Waals surface area contributed by atoms with Gasteiger partial charge >= 0.3 is 5.97 Å². The zero-order valence-corrected chi connectivity index (χ0v) is 12.5. The molecule has 2 aliphatic rings. The van der Waals surface area contributed by atoms with Crippen LogP contribution in [-0.4, -0.2) is 48.7 Å². The number of hydrogen-bond donors (Lipinski definition) is 2. The van der Waals surface area contributed by atoms with Crippen molar-refractivity contribution < 1.29 is 9.90 Å². The van der Waals surface area contributed by atoms with Crippen molar-refractivity contribution in [2.75, 3.05) is 27.2 Å². The number of carboxylic acids is 1. The van der Waals surface area contributed by atoms with Crippen LogP contribution >= 0.6 is 0 Å². The molecule has 2 bridgehead atoms. The van der Waals surface area contributed by atoms with Crippen molar-refractivity contribution in [1.29, 1.82) is 0 Å². The largest absolute Gasteiger partial charge is 0.480 e. The summed E-state index contributed by atoms with van der Waals surface area (Å²) in [5, 5.41) is 12.2. The van der Waals surface area contributed by atoms with E-state index in [0.29, 0.717) is 6.42 Å². The van der Waals surface area contributed by atoms with Crippen molar-refractivity contribution in [3.05, 3.63) is 0 Å². The molecule has 2 saturated carbocycles. The molecule has 2 rings (SSSR count). The van der Waals surface area contributed by atoms with Crippen LogP contribution in [0, 0.1) is 17.8 Å². The van der Waals surface area contributed by atoms with Crippen LogP contribution < -0.4 is 5.32 Å². The Morgan fingerprint density at radius 3 is 2.63 bits per heavy atom. The molecular formula is C15H28N2O2. The van der Waals surface area contributed by atoms with Gasteiger partial charge in [0.1, 0.15) is 5.54 Å². The fourth-order valence-corrected chi connectivity index (χ4v) is 3.85. The number of nitrogens with one attached hydrogen (secondary N) is 1. The Hall–Kier alpha value is -0.610. The lowest BCUT2D eigenvalue weighted by molar-refractivity contribution is -0.144. The quantitative estimate of drug-likeness (QED) is 0.739. The minimum absolute atomic E-state index is 0.649. The summed E-state index contributed by atoms with van der Waals surface area (Å²) >= 11 is 0. The Morgan fingerprint density at radius 2 is 2.16 bits per heavy atom. The van der Waals surface area contributed by atoms with E-state index < -0.39 is 11.5 Å². The zero-order valence-electron chi connectivity index (χ0n) is 12.5. The highest BCUT2D eigenvalue weighted by Gasteiger charge is 2.39. The van der Waals surface area contributed by atoms with Gasteiger partial charge < -0.3 is 15.3 Å². The van der Waals surface area contributed by atoms with Crippen LogP contribution in [0.25, 0.3) is 0 Å². The van der Waals surface area contributed by atoms with E-state index in [4.69, 9.17) is 0 Å². The predicted molar refractivity (Wildman–Crippen MR) is 76.2 cm³/mol. The Balaban J connectivity index is 1.75. The average Bonchev–Trinajstić information content (AvgIpc) is 2.97. The highest BCUT2D eigenvalue weighted by molar-refractivity contribution is 5.78. The van der Waals surface area contributed by atoms with E-state index in [1.165, 1.54) is 25.7 Å². The second kappa shape index (κ2) is 5.80. The van der Waals surface area contributed by atoms with E-state index in [-0.39, 0.29) is 0 Å². The molecule has 19 heavy (non-hydrogen) atoms. The van der Waals surface area contributed by atoms with Gasteiger partial charge in [-0.05, 0) is 64.5 Å². The van der Waals surface area contributed by atoms with Crippen molar-refractivity contribution in [1.82, 2.24) is 10.2 Å². The van der Waals surface area contributed by atoms with Crippen LogP contribution in [0.1, 0.15) is 39.0 Å². The lowest BCUT2D eigenvalue weighted by atomic mass is 9.88. The van der Waals surface area contributed by atoms with Crippen molar-refractivity contribution in [3.63, 3.8) is 0 Å². The van der Waals surface area contributed by atoms with Crippen LogP contribution in [0.3, 0.4) is 0 Å². The van der Waals surface area contributed by atoms with Crippen LogP contribution in [0.4, 0.5) is 0 Å². The minimum atomic E-state index is -0.803. The van der Waals surface area contributed by atoms with Gasteiger partial charge in [-0.2, -0.15) is 0 Å². The molecule has 2 N–H and O–H groups in total. The number of aliphatic carboxylic acids is 1. The molecule has 0 aromatic heterocycles. The number of fused-ring (bicyclic) bond motifs is 2. The van der Waals surface area contributed by atoms with Gasteiger partial charge in [-0.25, -0.2) is 0 Å². The number of likely N-dealkylation sites (N-methyl/N-ethyl adjacent to an activating group) is 1. The summed E-state index contributed by atoms with van der Waals surface area (Å²) in [6.45, 7) is 3.75. The number of rotatable bonds is 7. The Bertz CT molecular complexity index is 334. The van der Waals surface area contributed by atoms with Crippen molar-refractivity contribution >= 4 is 5.97 Å². The molecule has 4 unspecified atom stereocenters. The third-order valence-corrected chi connectivity index (χ3v) is 5.45. The monoisotopic (exact) mass is 268 g/mol. The molecule has 4 atom stereocenters. The number of carboxylic acid groups (broad SMARTS) is 1. The maximum absolute atomic E-state index is 11.2. The van der Waals surface area contributed by atoms with Gasteiger partial charge in [-0.3, -0.25) is 4.79 Å². The molecular weight excluding hydrogens is 240 g/mol. The molecule has 0 aromatic carbocycles. The molecule has 0 heterocycles. The van der Waals surface area contributed by atoms with E-state index in [1.807, 2.05) is 0 Å². The molecule has 2 fully saturated rings. The molecule has 2 aliphatic carbocycles. The average molecular weight is 268 g/mol. The molecule has 110 valence electrons. The molecule has 4 nitrogen and oxygen atoms in total. The third kappa shape index (κ3) is 3.29. The van der Waals surface area contributed by atoms with Crippen LogP contribution in [-0.2, 0) is 4.79 Å². The van der Waals surface area contributed by atoms with Gasteiger partial charge in [0, 0.05) is 13.1 Å². The first-order valence-electron chi connectivity index (χ1n) is 7.55. The van der Waals surface area contributed by atoms with Gasteiger partial charge in [0.15, 0.2) is 0 Å². The summed E-state index contributed by atoms with van der Waals surface area (Å²) in [5.74, 6) is 2.03. The standard InChI is InChI=1S/C15H28N2O2/c1-15(16-2,14(18)19)6-7-17(3)10-13-9-11-4-5-12(13)8-11/h11-13,16H,4-10H2,1-3H3,(H,18,19). The van der Waals surface area contributed by atoms with E-state index >= 15 is 0 Å². The first kappa shape index (κ1) is 14.8. The fourth-order valence-electron chi connectivity index (χ4n) is 3.85. The number of nitrogens with zero attached hydrogens (tertiary/aromatic N) is 1. The second-order valence-corrected chi connectivity index (χ2v) is 6.83. The lowest BCUT2D eigenvalue weighted by Crippen LogP contribution is -2.49. The van der Waals surface area contributed by atoms with E-state index in [2.05, 4.69) is 17.3 Å². The first-order valence-corrected chi connectivity index (χ1v) is 7.55. The van der Waals surface area contributed by atoms with Crippen LogP contribution in [0.2, 0.25) is 0 Å². The van der Waals surface area contributed by atoms with Crippen molar-refractivity contribution in [2.24, 2.45) is 17.8 Å². The summed E-state index contributed by atoms with van der Waals surface area (Å²) in [5.41, 5.74) is -0.803. The highest BCUT2D eigenvalue weighted by atomic mass is 16.4. The summed E-state index contributed by atoms with van der Waals surface area (Å²) in [6.07, 6.45) is 6.36. The third-order valence-electron chi connectivity index (χ3n) is 5.45. The summed E-state index contributed by atoms with van der Waals surface area (Å²) in [6, 6.07) is 0.